The molecule has 1 atom stereocenters. The number of para-hydroxylation sites is 1. The molecule has 0 saturated carbocycles. The van der Waals surface area contributed by atoms with Crippen LogP contribution in [0.25, 0.3) is 0 Å². The minimum atomic E-state index is -0.610. The molecule has 0 spiro atoms. The third kappa shape index (κ3) is 4.75. The lowest BCUT2D eigenvalue weighted by molar-refractivity contribution is -0.140. The van der Waals surface area contributed by atoms with Crippen LogP contribution in [0.2, 0.25) is 0 Å². The molecule has 2 rings (SSSR count). The van der Waals surface area contributed by atoms with E-state index in [1.165, 1.54) is 0 Å². The van der Waals surface area contributed by atoms with E-state index in [0.29, 0.717) is 30.2 Å². The molecule has 0 unspecified atom stereocenters. The third-order valence-electron chi connectivity index (χ3n) is 3.73. The Morgan fingerprint density at radius 2 is 2.00 bits per heavy atom. The van der Waals surface area contributed by atoms with Crippen molar-refractivity contribution in [3.8, 4) is 5.75 Å². The van der Waals surface area contributed by atoms with Crippen molar-refractivity contribution in [2.75, 3.05) is 13.2 Å². The van der Waals surface area contributed by atoms with Crippen molar-refractivity contribution in [2.45, 2.75) is 40.2 Å². The van der Waals surface area contributed by atoms with Gasteiger partial charge in [-0.2, -0.15) is 0 Å². The maximum atomic E-state index is 12.6. The molecule has 0 bridgehead atoms. The van der Waals surface area contributed by atoms with Gasteiger partial charge < -0.3 is 20.1 Å². The number of esters is 1. The van der Waals surface area contributed by atoms with Crippen LogP contribution in [0.3, 0.4) is 0 Å². The Hall–Kier alpha value is -2.50. The van der Waals surface area contributed by atoms with E-state index in [1.54, 1.807) is 6.92 Å². The van der Waals surface area contributed by atoms with Crippen LogP contribution in [0.5, 0.6) is 5.75 Å². The summed E-state index contributed by atoms with van der Waals surface area (Å²) in [4.78, 5) is 24.6. The van der Waals surface area contributed by atoms with Gasteiger partial charge >= 0.3 is 12.0 Å². The molecule has 0 saturated heterocycles. The Balaban J connectivity index is 2.38. The molecule has 25 heavy (non-hydrogen) atoms. The van der Waals surface area contributed by atoms with Crippen molar-refractivity contribution in [1.29, 1.82) is 0 Å². The molecule has 1 aliphatic rings. The number of hydrogen-bond acceptors (Lipinski definition) is 4. The summed E-state index contributed by atoms with van der Waals surface area (Å²) in [6, 6.07) is 6.45. The summed E-state index contributed by atoms with van der Waals surface area (Å²) in [6.07, 6.45) is 0.866. The lowest BCUT2D eigenvalue weighted by atomic mass is 9.95. The maximum Gasteiger partial charge on any atom is 0.338 e. The number of carbonyl (C=O) groups excluding carboxylic acids is 2. The summed E-state index contributed by atoms with van der Waals surface area (Å²) in [6.45, 7) is 8.55. The largest absolute Gasteiger partial charge is 0.493 e. The quantitative estimate of drug-likeness (QED) is 0.743. The molecule has 2 amide bonds. The van der Waals surface area contributed by atoms with Crippen LogP contribution in [-0.4, -0.2) is 25.2 Å². The van der Waals surface area contributed by atoms with E-state index in [9.17, 15) is 9.59 Å². The van der Waals surface area contributed by atoms with Crippen molar-refractivity contribution in [3.05, 3.63) is 41.1 Å². The lowest BCUT2D eigenvalue weighted by Crippen LogP contribution is -2.45. The Labute approximate surface area is 148 Å². The number of ether oxygens (including phenoxy) is 2. The van der Waals surface area contributed by atoms with Crippen LogP contribution in [0.4, 0.5) is 4.79 Å². The van der Waals surface area contributed by atoms with Gasteiger partial charge in [-0.05, 0) is 25.3 Å². The summed E-state index contributed by atoms with van der Waals surface area (Å²) in [5, 5.41) is 5.46. The first-order valence-electron chi connectivity index (χ1n) is 8.61. The highest BCUT2D eigenvalue weighted by Gasteiger charge is 2.33. The molecule has 1 aromatic carbocycles. The second kappa shape index (κ2) is 8.55. The summed E-state index contributed by atoms with van der Waals surface area (Å²) in [7, 11) is 0. The number of amides is 2. The fourth-order valence-corrected chi connectivity index (χ4v) is 2.58. The van der Waals surface area contributed by atoms with Crippen LogP contribution in [0, 0.1) is 5.92 Å². The van der Waals surface area contributed by atoms with E-state index in [4.69, 9.17) is 9.47 Å². The highest BCUT2D eigenvalue weighted by Crippen LogP contribution is 2.33. The standard InChI is InChI=1S/C19H26N2O4/c1-5-10-24-15-9-7-6-8-14(15)17-16(13(4)20-19(23)21-17)18(22)25-11-12(2)3/h6-9,12,17H,5,10-11H2,1-4H3,(H2,20,21,23)/t17-/m1/s1. The van der Waals surface area contributed by atoms with Gasteiger partial charge in [0.15, 0.2) is 0 Å². The van der Waals surface area contributed by atoms with Crippen molar-refractivity contribution >= 4 is 12.0 Å². The van der Waals surface area contributed by atoms with Gasteiger partial charge in [-0.15, -0.1) is 0 Å². The van der Waals surface area contributed by atoms with Crippen LogP contribution in [0.1, 0.15) is 45.7 Å². The first-order chi connectivity index (χ1) is 11.9. The van der Waals surface area contributed by atoms with E-state index >= 15 is 0 Å². The number of rotatable bonds is 7. The van der Waals surface area contributed by atoms with Crippen molar-refractivity contribution in [3.63, 3.8) is 0 Å². The first kappa shape index (κ1) is 18.8. The maximum absolute atomic E-state index is 12.6. The minimum absolute atomic E-state index is 0.231. The molecule has 0 fully saturated rings. The average molecular weight is 346 g/mol. The van der Waals surface area contributed by atoms with Gasteiger partial charge in [-0.25, -0.2) is 9.59 Å². The molecule has 1 aromatic rings. The van der Waals surface area contributed by atoms with Gasteiger partial charge in [0.1, 0.15) is 5.75 Å². The topological polar surface area (TPSA) is 76.7 Å². The van der Waals surface area contributed by atoms with Crippen LogP contribution >= 0.6 is 0 Å². The predicted molar refractivity (Wildman–Crippen MR) is 95.1 cm³/mol. The Morgan fingerprint density at radius 3 is 2.68 bits per heavy atom. The molecule has 2 N–H and O–H groups in total. The lowest BCUT2D eigenvalue weighted by Gasteiger charge is -2.29. The molecular formula is C19H26N2O4. The fourth-order valence-electron chi connectivity index (χ4n) is 2.58. The molecule has 0 radical (unpaired) electrons. The molecule has 6 heteroatoms. The van der Waals surface area contributed by atoms with Gasteiger partial charge in [0.2, 0.25) is 0 Å². The molecular weight excluding hydrogens is 320 g/mol. The number of allylic oxidation sites excluding steroid dienone is 1. The van der Waals surface area contributed by atoms with E-state index in [0.717, 1.165) is 12.0 Å². The predicted octanol–water partition coefficient (Wildman–Crippen LogP) is 3.30. The summed E-state index contributed by atoms with van der Waals surface area (Å²) in [5.41, 5.74) is 1.63. The van der Waals surface area contributed by atoms with E-state index < -0.39 is 12.0 Å². The molecule has 1 aliphatic heterocycles. The van der Waals surface area contributed by atoms with E-state index in [-0.39, 0.29) is 11.9 Å². The SMILES string of the molecule is CCCOc1ccccc1[C@H]1NC(=O)NC(C)=C1C(=O)OCC(C)C. The Morgan fingerprint density at radius 1 is 1.28 bits per heavy atom. The van der Waals surface area contributed by atoms with E-state index in [2.05, 4.69) is 10.6 Å². The molecule has 1 heterocycles. The van der Waals surface area contributed by atoms with Gasteiger partial charge in [0.25, 0.3) is 0 Å². The number of hydrogen-bond donors (Lipinski definition) is 2. The number of nitrogens with one attached hydrogen (secondary N) is 2. The molecule has 0 aromatic heterocycles. The summed E-state index contributed by atoms with van der Waals surface area (Å²) >= 11 is 0. The second-order valence-corrected chi connectivity index (χ2v) is 6.45. The number of urea groups is 1. The zero-order valence-corrected chi connectivity index (χ0v) is 15.2. The summed E-state index contributed by atoms with van der Waals surface area (Å²) < 4.78 is 11.2. The van der Waals surface area contributed by atoms with Crippen LogP contribution in [0.15, 0.2) is 35.5 Å². The van der Waals surface area contributed by atoms with Gasteiger partial charge in [-0.1, -0.05) is 39.0 Å². The zero-order valence-electron chi connectivity index (χ0n) is 15.2. The third-order valence-corrected chi connectivity index (χ3v) is 3.73. The highest BCUT2D eigenvalue weighted by molar-refractivity contribution is 5.95. The second-order valence-electron chi connectivity index (χ2n) is 6.45. The Kier molecular flexibility index (Phi) is 6.44. The van der Waals surface area contributed by atoms with Gasteiger partial charge in [0.05, 0.1) is 24.8 Å². The van der Waals surface area contributed by atoms with Gasteiger partial charge in [-0.3, -0.25) is 0 Å². The van der Waals surface area contributed by atoms with Gasteiger partial charge in [0, 0.05) is 11.3 Å². The van der Waals surface area contributed by atoms with Crippen molar-refractivity contribution < 1.29 is 19.1 Å². The molecule has 136 valence electrons. The van der Waals surface area contributed by atoms with Crippen molar-refractivity contribution in [1.82, 2.24) is 10.6 Å². The minimum Gasteiger partial charge on any atom is -0.493 e. The van der Waals surface area contributed by atoms with Crippen LogP contribution < -0.4 is 15.4 Å². The number of benzene rings is 1. The first-order valence-corrected chi connectivity index (χ1v) is 8.61. The Bertz CT molecular complexity index is 667. The van der Waals surface area contributed by atoms with Crippen LogP contribution in [-0.2, 0) is 9.53 Å². The monoisotopic (exact) mass is 346 g/mol. The average Bonchev–Trinajstić information content (AvgIpc) is 2.57. The molecule has 6 nitrogen and oxygen atoms in total. The molecule has 0 aliphatic carbocycles. The van der Waals surface area contributed by atoms with Crippen molar-refractivity contribution in [2.24, 2.45) is 5.92 Å². The fraction of sp³-hybridized carbons (Fsp3) is 0.474. The smallest absolute Gasteiger partial charge is 0.338 e. The normalized spacial score (nSPS) is 17.2. The highest BCUT2D eigenvalue weighted by atomic mass is 16.5. The zero-order chi connectivity index (χ0) is 18.4. The van der Waals surface area contributed by atoms with E-state index in [1.807, 2.05) is 45.0 Å². The number of carbonyl (C=O) groups is 2. The summed E-state index contributed by atoms with van der Waals surface area (Å²) in [5.74, 6) is 0.446.